The maximum absolute atomic E-state index is 10.0. The highest BCUT2D eigenvalue weighted by atomic mass is 16.5. The third-order valence-electron chi connectivity index (χ3n) is 4.05. The van der Waals surface area contributed by atoms with Crippen LogP contribution >= 0.6 is 0 Å². The summed E-state index contributed by atoms with van der Waals surface area (Å²) >= 11 is 0. The van der Waals surface area contributed by atoms with Gasteiger partial charge in [0.05, 0.1) is 6.10 Å². The molecule has 0 aliphatic heterocycles. The predicted molar refractivity (Wildman–Crippen MR) is 102 cm³/mol. The Morgan fingerprint density at radius 3 is 1.81 bits per heavy atom. The van der Waals surface area contributed by atoms with Crippen molar-refractivity contribution < 1.29 is 14.6 Å². The number of nitrogens with two attached hydrogens (primary N) is 1. The molecule has 0 aliphatic rings. The van der Waals surface area contributed by atoms with Crippen molar-refractivity contribution >= 4 is 0 Å². The highest BCUT2D eigenvalue weighted by Gasteiger charge is 2.12. The lowest BCUT2D eigenvalue weighted by Crippen LogP contribution is -2.12. The summed E-state index contributed by atoms with van der Waals surface area (Å²) in [5, 5.41) is 10.0. The van der Waals surface area contributed by atoms with Crippen LogP contribution in [0.5, 0.6) is 11.5 Å². The first kappa shape index (κ1) is 18.0. The smallest absolute Gasteiger partial charge is 0.162 e. The Labute approximate surface area is 153 Å². The fraction of sp³-hybridized carbons (Fsp3) is 0.182. The Balaban J connectivity index is 1.77. The lowest BCUT2D eigenvalue weighted by molar-refractivity contribution is 0.185. The molecule has 3 N–H and O–H groups in total. The van der Waals surface area contributed by atoms with E-state index in [1.165, 1.54) is 0 Å². The van der Waals surface area contributed by atoms with E-state index in [-0.39, 0.29) is 6.54 Å². The van der Waals surface area contributed by atoms with Crippen LogP contribution < -0.4 is 15.2 Å². The topological polar surface area (TPSA) is 64.7 Å². The first-order valence-electron chi connectivity index (χ1n) is 8.62. The average Bonchev–Trinajstić information content (AvgIpc) is 2.72. The molecule has 4 heteroatoms. The summed E-state index contributed by atoms with van der Waals surface area (Å²) in [5.74, 6) is 1.23. The van der Waals surface area contributed by atoms with Gasteiger partial charge in [0.15, 0.2) is 11.5 Å². The SMILES string of the molecule is NCC(O)c1ccc(OCc2ccccc2)c(OCc2ccccc2)c1. The molecule has 3 aromatic rings. The highest BCUT2D eigenvalue weighted by molar-refractivity contribution is 5.44. The average molecular weight is 349 g/mol. The van der Waals surface area contributed by atoms with E-state index in [4.69, 9.17) is 15.2 Å². The van der Waals surface area contributed by atoms with Crippen molar-refractivity contribution in [3.8, 4) is 11.5 Å². The molecule has 0 heterocycles. The molecular weight excluding hydrogens is 326 g/mol. The van der Waals surface area contributed by atoms with E-state index in [9.17, 15) is 5.11 Å². The number of hydrogen-bond acceptors (Lipinski definition) is 4. The largest absolute Gasteiger partial charge is 0.485 e. The van der Waals surface area contributed by atoms with Gasteiger partial charge in [0, 0.05) is 6.54 Å². The molecule has 0 amide bonds. The van der Waals surface area contributed by atoms with E-state index in [2.05, 4.69) is 0 Å². The van der Waals surface area contributed by atoms with Crippen LogP contribution in [0.2, 0.25) is 0 Å². The quantitative estimate of drug-likeness (QED) is 0.648. The minimum Gasteiger partial charge on any atom is -0.485 e. The molecule has 0 saturated heterocycles. The molecule has 3 rings (SSSR count). The fourth-order valence-corrected chi connectivity index (χ4v) is 2.57. The van der Waals surface area contributed by atoms with Crippen molar-refractivity contribution in [1.82, 2.24) is 0 Å². The summed E-state index contributed by atoms with van der Waals surface area (Å²) in [6.07, 6.45) is -0.725. The maximum atomic E-state index is 10.0. The van der Waals surface area contributed by atoms with Gasteiger partial charge in [-0.2, -0.15) is 0 Å². The molecule has 0 saturated carbocycles. The van der Waals surface area contributed by atoms with E-state index in [1.54, 1.807) is 6.07 Å². The summed E-state index contributed by atoms with van der Waals surface area (Å²) in [7, 11) is 0. The Hall–Kier alpha value is -2.82. The summed E-state index contributed by atoms with van der Waals surface area (Å²) in [5.41, 5.74) is 8.42. The van der Waals surface area contributed by atoms with Gasteiger partial charge in [-0.15, -0.1) is 0 Å². The molecule has 0 aliphatic carbocycles. The lowest BCUT2D eigenvalue weighted by atomic mass is 10.1. The number of aliphatic hydroxyl groups excluding tert-OH is 1. The normalized spacial score (nSPS) is 11.8. The first-order chi connectivity index (χ1) is 12.8. The van der Waals surface area contributed by atoms with Crippen LogP contribution in [-0.2, 0) is 13.2 Å². The maximum Gasteiger partial charge on any atom is 0.162 e. The van der Waals surface area contributed by atoms with Crippen molar-refractivity contribution in [2.75, 3.05) is 6.54 Å². The number of ether oxygens (including phenoxy) is 2. The van der Waals surface area contributed by atoms with Crippen molar-refractivity contribution in [3.05, 3.63) is 95.6 Å². The van der Waals surface area contributed by atoms with E-state index in [0.717, 1.165) is 11.1 Å². The second-order valence-corrected chi connectivity index (χ2v) is 6.01. The van der Waals surface area contributed by atoms with Gasteiger partial charge in [-0.1, -0.05) is 66.7 Å². The summed E-state index contributed by atoms with van der Waals surface area (Å²) < 4.78 is 11.9. The second kappa shape index (κ2) is 9.04. The van der Waals surface area contributed by atoms with Crippen LogP contribution in [0, 0.1) is 0 Å². The molecule has 1 unspecified atom stereocenters. The molecule has 1 atom stereocenters. The highest BCUT2D eigenvalue weighted by Crippen LogP contribution is 2.32. The predicted octanol–water partition coefficient (Wildman–Crippen LogP) is 3.84. The van der Waals surface area contributed by atoms with Crippen LogP contribution in [0.1, 0.15) is 22.8 Å². The van der Waals surface area contributed by atoms with Crippen LogP contribution in [0.3, 0.4) is 0 Å². The Bertz CT molecular complexity index is 806. The zero-order valence-electron chi connectivity index (χ0n) is 14.5. The monoisotopic (exact) mass is 349 g/mol. The summed E-state index contributed by atoms with van der Waals surface area (Å²) in [6, 6.07) is 25.3. The fourth-order valence-electron chi connectivity index (χ4n) is 2.57. The molecule has 0 fully saturated rings. The molecule has 26 heavy (non-hydrogen) atoms. The minimum absolute atomic E-state index is 0.155. The summed E-state index contributed by atoms with van der Waals surface area (Å²) in [4.78, 5) is 0. The van der Waals surface area contributed by atoms with Gasteiger partial charge in [-0.25, -0.2) is 0 Å². The van der Waals surface area contributed by atoms with Crippen molar-refractivity contribution in [3.63, 3.8) is 0 Å². The van der Waals surface area contributed by atoms with Crippen molar-refractivity contribution in [2.45, 2.75) is 19.3 Å². The third-order valence-corrected chi connectivity index (χ3v) is 4.05. The van der Waals surface area contributed by atoms with Crippen molar-refractivity contribution in [2.24, 2.45) is 5.73 Å². The summed E-state index contributed by atoms with van der Waals surface area (Å²) in [6.45, 7) is 1.02. The van der Waals surface area contributed by atoms with Gasteiger partial charge < -0.3 is 20.3 Å². The molecule has 4 nitrogen and oxygen atoms in total. The molecule has 134 valence electrons. The zero-order valence-corrected chi connectivity index (χ0v) is 14.5. The van der Waals surface area contributed by atoms with E-state index in [1.807, 2.05) is 72.8 Å². The Kier molecular flexibility index (Phi) is 6.25. The molecule has 0 spiro atoms. The standard InChI is InChI=1S/C22H23NO3/c23-14-20(24)19-11-12-21(25-15-17-7-3-1-4-8-17)22(13-19)26-16-18-9-5-2-6-10-18/h1-13,20,24H,14-16,23H2. The molecule has 0 bridgehead atoms. The molecule has 0 aromatic heterocycles. The van der Waals surface area contributed by atoms with Crippen LogP contribution in [-0.4, -0.2) is 11.7 Å². The van der Waals surface area contributed by atoms with E-state index in [0.29, 0.717) is 30.3 Å². The molecule has 0 radical (unpaired) electrons. The van der Waals surface area contributed by atoms with Crippen molar-refractivity contribution in [1.29, 1.82) is 0 Å². The van der Waals surface area contributed by atoms with Gasteiger partial charge >= 0.3 is 0 Å². The van der Waals surface area contributed by atoms with Gasteiger partial charge in [0.2, 0.25) is 0 Å². The van der Waals surface area contributed by atoms with Crippen LogP contribution in [0.4, 0.5) is 0 Å². The molecular formula is C22H23NO3. The zero-order chi connectivity index (χ0) is 18.2. The Morgan fingerprint density at radius 2 is 1.27 bits per heavy atom. The van der Waals surface area contributed by atoms with Gasteiger partial charge in [0.25, 0.3) is 0 Å². The van der Waals surface area contributed by atoms with Crippen LogP contribution in [0.15, 0.2) is 78.9 Å². The number of rotatable bonds is 8. The van der Waals surface area contributed by atoms with Gasteiger partial charge in [-0.3, -0.25) is 0 Å². The van der Waals surface area contributed by atoms with E-state index < -0.39 is 6.10 Å². The van der Waals surface area contributed by atoms with Gasteiger partial charge in [0.1, 0.15) is 13.2 Å². The second-order valence-electron chi connectivity index (χ2n) is 6.01. The first-order valence-corrected chi connectivity index (χ1v) is 8.62. The minimum atomic E-state index is -0.725. The third kappa shape index (κ3) is 4.85. The number of hydrogen-bond donors (Lipinski definition) is 2. The lowest BCUT2D eigenvalue weighted by Gasteiger charge is -2.16. The van der Waals surface area contributed by atoms with Crippen LogP contribution in [0.25, 0.3) is 0 Å². The van der Waals surface area contributed by atoms with Gasteiger partial charge in [-0.05, 0) is 28.8 Å². The number of benzene rings is 3. The van der Waals surface area contributed by atoms with E-state index >= 15 is 0 Å². The number of aliphatic hydroxyl groups is 1. The Morgan fingerprint density at radius 1 is 0.731 bits per heavy atom. The molecule has 3 aromatic carbocycles.